The van der Waals surface area contributed by atoms with Gasteiger partial charge in [-0.25, -0.2) is 0 Å². The highest BCUT2D eigenvalue weighted by molar-refractivity contribution is 6.34. The van der Waals surface area contributed by atoms with Gasteiger partial charge in [-0.15, -0.1) is 0 Å². The summed E-state index contributed by atoms with van der Waals surface area (Å²) in [6.45, 7) is 2.05. The molecule has 0 aliphatic rings. The monoisotopic (exact) mass is 302 g/mol. The van der Waals surface area contributed by atoms with E-state index >= 15 is 0 Å². The third kappa shape index (κ3) is 3.80. The number of nitrogens with two attached hydrogens (primary N) is 1. The fourth-order valence-corrected chi connectivity index (χ4v) is 1.70. The fourth-order valence-electron chi connectivity index (χ4n) is 1.43. The van der Waals surface area contributed by atoms with E-state index in [1.165, 1.54) is 13.2 Å². The number of nitro benzene ring substituents is 1. The van der Waals surface area contributed by atoms with E-state index in [2.05, 4.69) is 10.7 Å². The lowest BCUT2D eigenvalue weighted by Crippen LogP contribution is -2.31. The average Bonchev–Trinajstić information content (AvgIpc) is 2.43. The van der Waals surface area contributed by atoms with Crippen LogP contribution in [0.2, 0.25) is 5.02 Å². The molecule has 0 aliphatic carbocycles. The van der Waals surface area contributed by atoms with Gasteiger partial charge in [0.25, 0.3) is 11.6 Å². The highest BCUT2D eigenvalue weighted by Gasteiger charge is 2.21. The number of carbonyl (C=O) groups excluding carboxylic acids is 1. The highest BCUT2D eigenvalue weighted by Crippen LogP contribution is 2.32. The molecule has 9 heteroatoms. The maximum atomic E-state index is 11.9. The number of nitrogens with one attached hydrogen (secondary N) is 2. The molecule has 110 valence electrons. The minimum absolute atomic E-state index is 0.00774. The van der Waals surface area contributed by atoms with Gasteiger partial charge in [-0.05, 0) is 13.0 Å². The van der Waals surface area contributed by atoms with Crippen LogP contribution >= 0.6 is 11.6 Å². The average molecular weight is 303 g/mol. The minimum Gasteiger partial charge on any atom is -0.380 e. The largest absolute Gasteiger partial charge is 0.380 e. The summed E-state index contributed by atoms with van der Waals surface area (Å²) in [4.78, 5) is 22.1. The van der Waals surface area contributed by atoms with Crippen molar-refractivity contribution in [3.8, 4) is 0 Å². The first kappa shape index (κ1) is 16.2. The van der Waals surface area contributed by atoms with Gasteiger partial charge in [-0.3, -0.25) is 20.8 Å². The number of rotatable bonds is 6. The van der Waals surface area contributed by atoms with E-state index in [1.54, 1.807) is 6.92 Å². The van der Waals surface area contributed by atoms with E-state index < -0.39 is 10.8 Å². The van der Waals surface area contributed by atoms with Gasteiger partial charge in [-0.1, -0.05) is 11.6 Å². The van der Waals surface area contributed by atoms with Crippen LogP contribution in [0.1, 0.15) is 17.3 Å². The van der Waals surface area contributed by atoms with Crippen molar-refractivity contribution < 1.29 is 14.5 Å². The molecule has 1 aromatic rings. The summed E-state index contributed by atoms with van der Waals surface area (Å²) < 4.78 is 4.98. The predicted octanol–water partition coefficient (Wildman–Crippen LogP) is 1.30. The molecule has 0 saturated heterocycles. The molecule has 0 radical (unpaired) electrons. The summed E-state index contributed by atoms with van der Waals surface area (Å²) >= 11 is 5.86. The molecule has 0 aliphatic heterocycles. The highest BCUT2D eigenvalue weighted by atomic mass is 35.5. The zero-order valence-electron chi connectivity index (χ0n) is 11.0. The lowest BCUT2D eigenvalue weighted by atomic mass is 10.1. The number of anilines is 1. The maximum Gasteiger partial charge on any atom is 0.295 e. The van der Waals surface area contributed by atoms with Crippen LogP contribution in [0.5, 0.6) is 0 Å². The molecule has 0 spiro atoms. The Labute approximate surface area is 120 Å². The molecule has 20 heavy (non-hydrogen) atoms. The molecule has 1 aromatic carbocycles. The molecule has 1 amide bonds. The first-order chi connectivity index (χ1) is 9.40. The number of nitrogen functional groups attached to an aromatic ring is 1. The second-order valence-electron chi connectivity index (χ2n) is 4.01. The standard InChI is InChI=1S/C11H15ClN4O4/c1-6(20-2)5-14-11(17)7-3-8(12)10(15-13)9(4-7)16(18)19/h3-4,6,15H,5,13H2,1-2H3,(H,14,17). The number of hydrogen-bond acceptors (Lipinski definition) is 6. The molecular formula is C11H15ClN4O4. The van der Waals surface area contributed by atoms with E-state index in [4.69, 9.17) is 22.2 Å². The van der Waals surface area contributed by atoms with Crippen LogP contribution in [0.25, 0.3) is 0 Å². The van der Waals surface area contributed by atoms with Crippen LogP contribution in [-0.4, -0.2) is 30.6 Å². The molecule has 0 bridgehead atoms. The lowest BCUT2D eigenvalue weighted by molar-refractivity contribution is -0.384. The molecule has 1 rings (SSSR count). The number of carbonyl (C=O) groups is 1. The van der Waals surface area contributed by atoms with Crippen molar-refractivity contribution in [1.82, 2.24) is 5.32 Å². The molecule has 0 heterocycles. The number of hydrogen-bond donors (Lipinski definition) is 3. The summed E-state index contributed by atoms with van der Waals surface area (Å²) in [5, 5.41) is 13.5. The van der Waals surface area contributed by atoms with Crippen molar-refractivity contribution in [2.45, 2.75) is 13.0 Å². The number of benzene rings is 1. The van der Waals surface area contributed by atoms with Gasteiger partial charge in [-0.2, -0.15) is 0 Å². The topological polar surface area (TPSA) is 120 Å². The molecule has 1 atom stereocenters. The van der Waals surface area contributed by atoms with Crippen molar-refractivity contribution in [2.24, 2.45) is 5.84 Å². The third-order valence-corrected chi connectivity index (χ3v) is 2.92. The summed E-state index contributed by atoms with van der Waals surface area (Å²) in [7, 11) is 1.51. The predicted molar refractivity (Wildman–Crippen MR) is 74.7 cm³/mol. The summed E-state index contributed by atoms with van der Waals surface area (Å²) in [5.74, 6) is 4.69. The Bertz CT molecular complexity index is 523. The quantitative estimate of drug-likeness (QED) is 0.414. The number of nitro groups is 1. The number of hydrazine groups is 1. The molecule has 1 unspecified atom stereocenters. The lowest BCUT2D eigenvalue weighted by Gasteiger charge is -2.12. The number of nitrogens with zero attached hydrogens (tertiary/aromatic N) is 1. The Hall–Kier alpha value is -1.90. The van der Waals surface area contributed by atoms with Gasteiger partial charge in [0, 0.05) is 25.3 Å². The molecule has 8 nitrogen and oxygen atoms in total. The number of ether oxygens (including phenoxy) is 1. The number of methoxy groups -OCH3 is 1. The minimum atomic E-state index is -0.671. The molecule has 0 fully saturated rings. The smallest absolute Gasteiger partial charge is 0.295 e. The number of halogens is 1. The molecule has 0 aromatic heterocycles. The van der Waals surface area contributed by atoms with Gasteiger partial charge in [0.1, 0.15) is 5.69 Å². The Morgan fingerprint density at radius 1 is 1.60 bits per heavy atom. The molecule has 4 N–H and O–H groups in total. The Balaban J connectivity index is 3.02. The van der Waals surface area contributed by atoms with Crippen LogP contribution in [0.15, 0.2) is 12.1 Å². The van der Waals surface area contributed by atoms with Crippen LogP contribution in [0.4, 0.5) is 11.4 Å². The fraction of sp³-hybridized carbons (Fsp3) is 0.364. The second-order valence-corrected chi connectivity index (χ2v) is 4.42. The first-order valence-electron chi connectivity index (χ1n) is 5.66. The van der Waals surface area contributed by atoms with Crippen LogP contribution in [0.3, 0.4) is 0 Å². The normalized spacial score (nSPS) is 11.8. The van der Waals surface area contributed by atoms with Crippen molar-refractivity contribution in [2.75, 3.05) is 19.1 Å². The SMILES string of the molecule is COC(C)CNC(=O)c1cc(Cl)c(NN)c([N+](=O)[O-])c1. The summed E-state index contributed by atoms with van der Waals surface area (Å²) in [6.07, 6.45) is -0.172. The van der Waals surface area contributed by atoms with Crippen molar-refractivity contribution in [3.63, 3.8) is 0 Å². The first-order valence-corrected chi connectivity index (χ1v) is 6.04. The Kier molecular flexibility index (Phi) is 5.68. The summed E-state index contributed by atoms with van der Waals surface area (Å²) in [5.41, 5.74) is 1.81. The zero-order valence-corrected chi connectivity index (χ0v) is 11.7. The van der Waals surface area contributed by atoms with Gasteiger partial charge < -0.3 is 15.5 Å². The zero-order chi connectivity index (χ0) is 15.3. The van der Waals surface area contributed by atoms with Crippen molar-refractivity contribution in [1.29, 1.82) is 0 Å². The van der Waals surface area contributed by atoms with E-state index in [0.29, 0.717) is 0 Å². The van der Waals surface area contributed by atoms with Gasteiger partial charge in [0.05, 0.1) is 16.0 Å². The second kappa shape index (κ2) is 7.04. The number of amides is 1. The Morgan fingerprint density at radius 3 is 2.75 bits per heavy atom. The van der Waals surface area contributed by atoms with Gasteiger partial charge >= 0.3 is 0 Å². The van der Waals surface area contributed by atoms with Crippen molar-refractivity contribution >= 4 is 28.9 Å². The third-order valence-electron chi connectivity index (χ3n) is 2.63. The Morgan fingerprint density at radius 2 is 2.25 bits per heavy atom. The maximum absolute atomic E-state index is 11.9. The molecular weight excluding hydrogens is 288 g/mol. The van der Waals surface area contributed by atoms with Crippen LogP contribution < -0.4 is 16.6 Å². The van der Waals surface area contributed by atoms with E-state index in [9.17, 15) is 14.9 Å². The van der Waals surface area contributed by atoms with E-state index in [0.717, 1.165) is 6.07 Å². The van der Waals surface area contributed by atoms with Gasteiger partial charge in [0.2, 0.25) is 0 Å². The van der Waals surface area contributed by atoms with E-state index in [-0.39, 0.29) is 34.6 Å². The van der Waals surface area contributed by atoms with E-state index in [1.807, 2.05) is 0 Å². The van der Waals surface area contributed by atoms with Gasteiger partial charge in [0.15, 0.2) is 0 Å². The van der Waals surface area contributed by atoms with Crippen LogP contribution in [-0.2, 0) is 4.74 Å². The van der Waals surface area contributed by atoms with Crippen molar-refractivity contribution in [3.05, 3.63) is 32.8 Å². The summed E-state index contributed by atoms with van der Waals surface area (Å²) in [6, 6.07) is 2.41. The molecule has 0 saturated carbocycles. The van der Waals surface area contributed by atoms with Crippen LogP contribution in [0, 0.1) is 10.1 Å².